The highest BCUT2D eigenvalue weighted by Crippen LogP contribution is 2.30. The number of hydrogen-bond acceptors (Lipinski definition) is 3. The van der Waals surface area contributed by atoms with E-state index in [1.165, 1.54) is 0 Å². The van der Waals surface area contributed by atoms with E-state index in [-0.39, 0.29) is 23.8 Å². The molecule has 5 nitrogen and oxygen atoms in total. The van der Waals surface area contributed by atoms with Crippen molar-refractivity contribution in [2.75, 3.05) is 13.1 Å². The highest BCUT2D eigenvalue weighted by atomic mass is 35.5. The van der Waals surface area contributed by atoms with Gasteiger partial charge in [0.15, 0.2) is 0 Å². The van der Waals surface area contributed by atoms with Gasteiger partial charge in [0.25, 0.3) is 0 Å². The summed E-state index contributed by atoms with van der Waals surface area (Å²) in [4.78, 5) is 12.8. The van der Waals surface area contributed by atoms with Crippen molar-refractivity contribution in [1.29, 1.82) is 0 Å². The minimum absolute atomic E-state index is 0.0115. The Hall–Kier alpha value is -1.56. The number of benzene rings is 1. The van der Waals surface area contributed by atoms with E-state index in [2.05, 4.69) is 15.7 Å². The fraction of sp³-hybridized carbons (Fsp3) is 0.412. The molecule has 0 spiro atoms. The maximum atomic E-state index is 12.8. The average molecular weight is 367 g/mol. The molecular formula is C17H20Cl2N4O. The van der Waals surface area contributed by atoms with E-state index in [0.717, 1.165) is 17.7 Å². The van der Waals surface area contributed by atoms with Crippen LogP contribution in [0.2, 0.25) is 10.0 Å². The zero-order valence-electron chi connectivity index (χ0n) is 13.6. The highest BCUT2D eigenvalue weighted by Gasteiger charge is 2.35. The van der Waals surface area contributed by atoms with Crippen molar-refractivity contribution < 1.29 is 4.79 Å². The Morgan fingerprint density at radius 1 is 1.42 bits per heavy atom. The lowest BCUT2D eigenvalue weighted by atomic mass is 9.90. The van der Waals surface area contributed by atoms with Gasteiger partial charge in [-0.05, 0) is 36.2 Å². The summed E-state index contributed by atoms with van der Waals surface area (Å²) in [6, 6.07) is 5.07. The van der Waals surface area contributed by atoms with Gasteiger partial charge in [-0.3, -0.25) is 9.48 Å². The largest absolute Gasteiger partial charge is 0.349 e. The first-order chi connectivity index (χ1) is 11.5. The Balaban J connectivity index is 1.73. The van der Waals surface area contributed by atoms with E-state index >= 15 is 0 Å². The van der Waals surface area contributed by atoms with Gasteiger partial charge in [0.05, 0.1) is 18.2 Å². The fourth-order valence-corrected chi connectivity index (χ4v) is 3.64. The molecule has 0 saturated carbocycles. The van der Waals surface area contributed by atoms with Gasteiger partial charge in [0, 0.05) is 42.3 Å². The molecule has 7 heteroatoms. The van der Waals surface area contributed by atoms with Crippen LogP contribution in [0.5, 0.6) is 0 Å². The first-order valence-corrected chi connectivity index (χ1v) is 8.66. The molecule has 0 aliphatic carbocycles. The lowest BCUT2D eigenvalue weighted by Gasteiger charge is -2.21. The number of halogens is 2. The van der Waals surface area contributed by atoms with Crippen molar-refractivity contribution in [2.24, 2.45) is 13.0 Å². The van der Waals surface area contributed by atoms with Gasteiger partial charge in [-0.1, -0.05) is 23.2 Å². The van der Waals surface area contributed by atoms with Crippen LogP contribution >= 0.6 is 23.2 Å². The van der Waals surface area contributed by atoms with Gasteiger partial charge < -0.3 is 10.6 Å². The molecule has 0 bridgehead atoms. The summed E-state index contributed by atoms with van der Waals surface area (Å²) in [6.45, 7) is 3.34. The van der Waals surface area contributed by atoms with Crippen LogP contribution in [-0.4, -0.2) is 28.8 Å². The van der Waals surface area contributed by atoms with E-state index in [9.17, 15) is 4.79 Å². The minimum atomic E-state index is -0.209. The van der Waals surface area contributed by atoms with Crippen LogP contribution in [0.1, 0.15) is 30.0 Å². The number of hydrogen-bond donors (Lipinski definition) is 2. The Morgan fingerprint density at radius 3 is 2.92 bits per heavy atom. The molecule has 1 saturated heterocycles. The van der Waals surface area contributed by atoms with Crippen molar-refractivity contribution in [3.05, 3.63) is 51.8 Å². The van der Waals surface area contributed by atoms with Gasteiger partial charge in [0.1, 0.15) is 0 Å². The third kappa shape index (κ3) is 3.58. The number of aryl methyl sites for hydroxylation is 1. The van der Waals surface area contributed by atoms with Gasteiger partial charge in [-0.15, -0.1) is 0 Å². The third-order valence-corrected chi connectivity index (χ3v) is 5.07. The molecule has 1 aromatic heterocycles. The quantitative estimate of drug-likeness (QED) is 0.874. The average Bonchev–Trinajstić information content (AvgIpc) is 3.17. The van der Waals surface area contributed by atoms with E-state index in [1.807, 2.05) is 26.4 Å². The molecule has 1 aliphatic heterocycles. The number of rotatable bonds is 4. The lowest BCUT2D eigenvalue weighted by Crippen LogP contribution is -2.36. The second-order valence-electron chi connectivity index (χ2n) is 6.21. The maximum Gasteiger partial charge on any atom is 0.225 e. The normalized spacial score (nSPS) is 21.7. The van der Waals surface area contributed by atoms with Crippen LogP contribution in [-0.2, 0) is 11.8 Å². The summed E-state index contributed by atoms with van der Waals surface area (Å²) < 4.78 is 1.76. The summed E-state index contributed by atoms with van der Waals surface area (Å²) in [6.07, 6.45) is 3.80. The lowest BCUT2D eigenvalue weighted by molar-refractivity contribution is -0.125. The molecule has 24 heavy (non-hydrogen) atoms. The summed E-state index contributed by atoms with van der Waals surface area (Å²) in [5, 5.41) is 11.8. The number of nitrogens with one attached hydrogen (secondary N) is 2. The number of amides is 1. The van der Waals surface area contributed by atoms with E-state index in [4.69, 9.17) is 23.2 Å². The molecule has 1 amide bonds. The molecule has 3 rings (SSSR count). The molecular weight excluding hydrogens is 347 g/mol. The number of aromatic nitrogens is 2. The molecule has 0 radical (unpaired) electrons. The van der Waals surface area contributed by atoms with Gasteiger partial charge >= 0.3 is 0 Å². The summed E-state index contributed by atoms with van der Waals surface area (Å²) in [7, 11) is 1.88. The van der Waals surface area contributed by atoms with Crippen molar-refractivity contribution in [3.63, 3.8) is 0 Å². The monoisotopic (exact) mass is 366 g/mol. The molecule has 3 atom stereocenters. The van der Waals surface area contributed by atoms with Crippen molar-refractivity contribution in [2.45, 2.75) is 18.9 Å². The van der Waals surface area contributed by atoms with Gasteiger partial charge in [0.2, 0.25) is 5.91 Å². The zero-order valence-corrected chi connectivity index (χ0v) is 15.1. The van der Waals surface area contributed by atoms with Crippen LogP contribution in [0.4, 0.5) is 0 Å². The third-order valence-electron chi connectivity index (χ3n) is 4.49. The maximum absolute atomic E-state index is 12.8. The van der Waals surface area contributed by atoms with Crippen LogP contribution < -0.4 is 10.6 Å². The van der Waals surface area contributed by atoms with E-state index in [0.29, 0.717) is 16.6 Å². The molecule has 2 N–H and O–H groups in total. The van der Waals surface area contributed by atoms with Crippen LogP contribution in [0.25, 0.3) is 0 Å². The van der Waals surface area contributed by atoms with Crippen molar-refractivity contribution in [3.8, 4) is 0 Å². The molecule has 1 unspecified atom stereocenters. The Bertz CT molecular complexity index is 746. The van der Waals surface area contributed by atoms with Crippen LogP contribution in [0, 0.1) is 5.92 Å². The predicted molar refractivity (Wildman–Crippen MR) is 95.3 cm³/mol. The SMILES string of the molecule is CC(NC(=O)[C@H]1CNC[C@@H]1c1cnn(C)c1)c1cc(Cl)ccc1Cl. The molecule has 1 aliphatic rings. The standard InChI is InChI=1S/C17H20Cl2N4O/c1-10(13-5-12(18)3-4-16(13)19)22-17(24)15-8-20-7-14(15)11-6-21-23(2)9-11/h3-6,9-10,14-15,20H,7-8H2,1-2H3,(H,22,24)/t10?,14-,15+/m1/s1. The molecule has 1 fully saturated rings. The predicted octanol–water partition coefficient (Wildman–Crippen LogP) is 2.91. The van der Waals surface area contributed by atoms with Crippen LogP contribution in [0.15, 0.2) is 30.6 Å². The van der Waals surface area contributed by atoms with E-state index < -0.39 is 0 Å². The van der Waals surface area contributed by atoms with Crippen molar-refractivity contribution >= 4 is 29.1 Å². The second kappa shape index (κ2) is 7.13. The summed E-state index contributed by atoms with van der Waals surface area (Å²) in [5.74, 6) is 0.00716. The van der Waals surface area contributed by atoms with Gasteiger partial charge in [-0.25, -0.2) is 0 Å². The Kier molecular flexibility index (Phi) is 5.13. The van der Waals surface area contributed by atoms with Crippen molar-refractivity contribution in [1.82, 2.24) is 20.4 Å². The molecule has 2 heterocycles. The second-order valence-corrected chi connectivity index (χ2v) is 7.06. The van der Waals surface area contributed by atoms with Gasteiger partial charge in [-0.2, -0.15) is 5.10 Å². The smallest absolute Gasteiger partial charge is 0.225 e. The van der Waals surface area contributed by atoms with Crippen LogP contribution in [0.3, 0.4) is 0 Å². The number of carbonyl (C=O) groups excluding carboxylic acids is 1. The summed E-state index contributed by atoms with van der Waals surface area (Å²) >= 11 is 12.3. The first kappa shape index (κ1) is 17.3. The van der Waals surface area contributed by atoms with E-state index in [1.54, 1.807) is 22.9 Å². The Labute approximate surface area is 151 Å². The summed E-state index contributed by atoms with van der Waals surface area (Å²) in [5.41, 5.74) is 1.90. The topological polar surface area (TPSA) is 59.0 Å². The fourth-order valence-electron chi connectivity index (χ4n) is 3.18. The first-order valence-electron chi connectivity index (χ1n) is 7.90. The molecule has 1 aromatic carbocycles. The zero-order chi connectivity index (χ0) is 17.3. The minimum Gasteiger partial charge on any atom is -0.349 e. The Morgan fingerprint density at radius 2 is 2.21 bits per heavy atom. The molecule has 2 aromatic rings. The highest BCUT2D eigenvalue weighted by molar-refractivity contribution is 6.33. The number of nitrogens with zero attached hydrogens (tertiary/aromatic N) is 2. The number of carbonyl (C=O) groups is 1. The molecule has 128 valence electrons.